The topological polar surface area (TPSA) is 41.6 Å². The summed E-state index contributed by atoms with van der Waals surface area (Å²) in [7, 11) is 0. The maximum atomic E-state index is 11.3. The van der Waals surface area contributed by atoms with E-state index in [4.69, 9.17) is 28.7 Å². The molecule has 0 aliphatic carbocycles. The predicted octanol–water partition coefficient (Wildman–Crippen LogP) is 3.54. The lowest BCUT2D eigenvalue weighted by Crippen LogP contribution is -2.36. The van der Waals surface area contributed by atoms with Crippen molar-refractivity contribution in [2.45, 2.75) is 27.2 Å². The smallest absolute Gasteiger partial charge is 0.332 e. The molecule has 0 radical (unpaired) electrons. The van der Waals surface area contributed by atoms with Crippen LogP contribution in [0.15, 0.2) is 18.2 Å². The summed E-state index contributed by atoms with van der Waals surface area (Å²) in [5.74, 6) is -0.325. The lowest BCUT2D eigenvalue weighted by Gasteiger charge is -2.23. The van der Waals surface area contributed by atoms with E-state index in [0.717, 1.165) is 11.3 Å². The number of rotatable bonds is 3. The summed E-state index contributed by atoms with van der Waals surface area (Å²) in [6.45, 7) is 5.99. The first-order valence-corrected chi connectivity index (χ1v) is 6.82. The summed E-state index contributed by atoms with van der Waals surface area (Å²) >= 11 is 11.2. The van der Waals surface area contributed by atoms with E-state index in [2.05, 4.69) is 5.32 Å². The monoisotopic (exact) mass is 300 g/mol. The summed E-state index contributed by atoms with van der Waals surface area (Å²) in [5.41, 5.74) is 1.80. The van der Waals surface area contributed by atoms with Crippen molar-refractivity contribution in [2.75, 3.05) is 11.9 Å². The Morgan fingerprint density at radius 2 is 2.16 bits per heavy atom. The van der Waals surface area contributed by atoms with Crippen LogP contribution in [-0.4, -0.2) is 22.7 Å². The second kappa shape index (κ2) is 7.31. The van der Waals surface area contributed by atoms with Crippen LogP contribution in [0.4, 0.5) is 5.69 Å². The normalized spacial score (nSPS) is 9.89. The van der Waals surface area contributed by atoms with Crippen molar-refractivity contribution in [3.8, 4) is 0 Å². The highest BCUT2D eigenvalue weighted by Gasteiger charge is 2.13. The molecule has 19 heavy (non-hydrogen) atoms. The van der Waals surface area contributed by atoms with Gasteiger partial charge in [-0.25, -0.2) is 4.79 Å². The van der Waals surface area contributed by atoms with Crippen molar-refractivity contribution >= 4 is 40.6 Å². The fourth-order valence-electron chi connectivity index (χ4n) is 1.34. The number of aryl methyl sites for hydroxylation is 1. The number of halogens is 1. The minimum atomic E-state index is -0.325. The van der Waals surface area contributed by atoms with Crippen LogP contribution in [-0.2, 0) is 9.63 Å². The van der Waals surface area contributed by atoms with Gasteiger partial charge < -0.3 is 10.2 Å². The summed E-state index contributed by atoms with van der Waals surface area (Å²) in [4.78, 5) is 16.4. The van der Waals surface area contributed by atoms with Gasteiger partial charge in [0.05, 0.1) is 6.54 Å². The third kappa shape index (κ3) is 4.69. The number of anilines is 1. The molecule has 0 spiro atoms. The summed E-state index contributed by atoms with van der Waals surface area (Å²) in [5, 5.41) is 5.32. The Hall–Kier alpha value is -1.33. The Morgan fingerprint density at radius 1 is 1.47 bits per heavy atom. The zero-order valence-electron chi connectivity index (χ0n) is 11.2. The fourth-order valence-corrected chi connectivity index (χ4v) is 1.79. The minimum absolute atomic E-state index is 0.301. The first-order valence-electron chi connectivity index (χ1n) is 6.03. The van der Waals surface area contributed by atoms with Gasteiger partial charge in [-0.2, -0.15) is 5.06 Å². The van der Waals surface area contributed by atoms with Gasteiger partial charge in [0.25, 0.3) is 0 Å². The molecule has 0 fully saturated rings. The molecular formula is C13H17ClN2O2S. The fraction of sp³-hybridized carbons (Fsp3) is 0.385. The third-order valence-corrected chi connectivity index (χ3v) is 3.00. The minimum Gasteiger partial charge on any atom is -0.339 e. The molecule has 0 heterocycles. The van der Waals surface area contributed by atoms with Crippen molar-refractivity contribution in [1.29, 1.82) is 0 Å². The summed E-state index contributed by atoms with van der Waals surface area (Å²) in [6.07, 6.45) is 0.301. The maximum absolute atomic E-state index is 11.3. The first-order chi connectivity index (χ1) is 8.97. The van der Waals surface area contributed by atoms with Gasteiger partial charge in [-0.15, -0.1) is 0 Å². The van der Waals surface area contributed by atoms with Gasteiger partial charge >= 0.3 is 5.97 Å². The van der Waals surface area contributed by atoms with Crippen LogP contribution in [0, 0.1) is 6.92 Å². The molecule has 4 nitrogen and oxygen atoms in total. The molecule has 1 rings (SSSR count). The molecule has 0 unspecified atom stereocenters. The molecule has 6 heteroatoms. The lowest BCUT2D eigenvalue weighted by atomic mass is 10.2. The van der Waals surface area contributed by atoms with Crippen LogP contribution in [0.5, 0.6) is 0 Å². The third-order valence-electron chi connectivity index (χ3n) is 2.46. The van der Waals surface area contributed by atoms with Gasteiger partial charge in [-0.3, -0.25) is 0 Å². The molecule has 0 saturated carbocycles. The number of carbonyl (C=O) groups excluding carboxylic acids is 1. The van der Waals surface area contributed by atoms with E-state index in [0.29, 0.717) is 23.1 Å². The van der Waals surface area contributed by atoms with Crippen molar-refractivity contribution < 1.29 is 9.63 Å². The molecule has 0 amide bonds. The number of thiocarbonyl (C=S) groups is 1. The average Bonchev–Trinajstić information content (AvgIpc) is 2.39. The number of benzene rings is 1. The molecule has 0 aliphatic heterocycles. The molecule has 0 saturated heterocycles. The molecule has 1 N–H and O–H groups in total. The number of hydrogen-bond acceptors (Lipinski definition) is 3. The predicted molar refractivity (Wildman–Crippen MR) is 81.2 cm³/mol. The van der Waals surface area contributed by atoms with E-state index in [-0.39, 0.29) is 5.97 Å². The molecule has 0 atom stereocenters. The highest BCUT2D eigenvalue weighted by molar-refractivity contribution is 7.80. The molecule has 1 aromatic carbocycles. The van der Waals surface area contributed by atoms with E-state index in [1.807, 2.05) is 19.9 Å². The van der Waals surface area contributed by atoms with Gasteiger partial charge in [0.1, 0.15) is 0 Å². The van der Waals surface area contributed by atoms with Gasteiger partial charge in [-0.1, -0.05) is 24.6 Å². The van der Waals surface area contributed by atoms with Gasteiger partial charge in [0.2, 0.25) is 5.11 Å². The zero-order chi connectivity index (χ0) is 14.4. The van der Waals surface area contributed by atoms with E-state index in [9.17, 15) is 4.79 Å². The molecule has 0 bridgehead atoms. The van der Waals surface area contributed by atoms with Gasteiger partial charge in [0, 0.05) is 17.1 Å². The van der Waals surface area contributed by atoms with Gasteiger partial charge in [-0.05, 0) is 43.8 Å². The molecule has 0 aliphatic rings. The average molecular weight is 301 g/mol. The number of nitrogens with one attached hydrogen (secondary N) is 1. The quantitative estimate of drug-likeness (QED) is 0.683. The summed E-state index contributed by atoms with van der Waals surface area (Å²) < 4.78 is 0. The van der Waals surface area contributed by atoms with E-state index >= 15 is 0 Å². The Labute approximate surface area is 123 Å². The van der Waals surface area contributed by atoms with Crippen molar-refractivity contribution in [2.24, 2.45) is 0 Å². The number of hydroxylamine groups is 2. The van der Waals surface area contributed by atoms with Crippen LogP contribution < -0.4 is 5.32 Å². The van der Waals surface area contributed by atoms with Crippen LogP contribution in [0.2, 0.25) is 5.02 Å². The van der Waals surface area contributed by atoms with E-state index in [1.54, 1.807) is 19.1 Å². The Morgan fingerprint density at radius 3 is 2.74 bits per heavy atom. The lowest BCUT2D eigenvalue weighted by molar-refractivity contribution is -0.171. The molecular weight excluding hydrogens is 284 g/mol. The van der Waals surface area contributed by atoms with E-state index < -0.39 is 0 Å². The molecule has 0 aromatic heterocycles. The molecule has 104 valence electrons. The van der Waals surface area contributed by atoms with Crippen molar-refractivity contribution in [3.63, 3.8) is 0 Å². The van der Waals surface area contributed by atoms with Crippen LogP contribution >= 0.6 is 23.8 Å². The standard InChI is InChI=1S/C13H17ClN2O2S/c1-4-12(17)18-16(5-2)13(19)15-11-8-10(14)7-6-9(11)3/h6-8H,4-5H2,1-3H3,(H,15,19). The Bertz CT molecular complexity index is 480. The largest absolute Gasteiger partial charge is 0.339 e. The second-order valence-corrected chi connectivity index (χ2v) is 4.72. The second-order valence-electron chi connectivity index (χ2n) is 3.90. The molecule has 1 aromatic rings. The highest BCUT2D eigenvalue weighted by atomic mass is 35.5. The van der Waals surface area contributed by atoms with Gasteiger partial charge in [0.15, 0.2) is 0 Å². The Balaban J connectivity index is 2.76. The first kappa shape index (κ1) is 15.7. The zero-order valence-corrected chi connectivity index (χ0v) is 12.8. The van der Waals surface area contributed by atoms with Crippen LogP contribution in [0.3, 0.4) is 0 Å². The summed E-state index contributed by atoms with van der Waals surface area (Å²) in [6, 6.07) is 5.47. The van der Waals surface area contributed by atoms with Crippen molar-refractivity contribution in [3.05, 3.63) is 28.8 Å². The number of hydrogen-bond donors (Lipinski definition) is 1. The SMILES string of the molecule is CCC(=O)ON(CC)C(=S)Nc1cc(Cl)ccc1C. The number of carbonyl (C=O) groups is 1. The van der Waals surface area contributed by atoms with Crippen LogP contribution in [0.25, 0.3) is 0 Å². The van der Waals surface area contributed by atoms with Crippen molar-refractivity contribution in [1.82, 2.24) is 5.06 Å². The Kier molecular flexibility index (Phi) is 6.05. The maximum Gasteiger partial charge on any atom is 0.332 e. The van der Waals surface area contributed by atoms with E-state index in [1.165, 1.54) is 5.06 Å². The number of nitrogens with zero attached hydrogens (tertiary/aromatic N) is 1. The van der Waals surface area contributed by atoms with Crippen LogP contribution in [0.1, 0.15) is 25.8 Å². The highest BCUT2D eigenvalue weighted by Crippen LogP contribution is 2.20.